The molecule has 0 rings (SSSR count). The predicted octanol–water partition coefficient (Wildman–Crippen LogP) is -0.554. The molecule has 0 aliphatic carbocycles. The van der Waals surface area contributed by atoms with Crippen LogP contribution in [0.15, 0.2) is 0 Å². The van der Waals surface area contributed by atoms with Crippen LogP contribution in [-0.2, 0) is 14.8 Å². The Morgan fingerprint density at radius 2 is 2.33 bits per heavy atom. The molecule has 4 heteroatoms. The van der Waals surface area contributed by atoms with E-state index < -0.39 is 6.79 Å². The molecule has 0 radical (unpaired) electrons. The quantitative estimate of drug-likeness (QED) is 0.220. The summed E-state index contributed by atoms with van der Waals surface area (Å²) in [7, 11) is 1.27. The van der Waals surface area contributed by atoms with Crippen LogP contribution >= 0.6 is 0 Å². The number of hydrogen-bond acceptors (Lipinski definition) is 4. The van der Waals surface area contributed by atoms with Gasteiger partial charge in [-0.2, -0.15) is 4.89 Å². The maximum absolute atomic E-state index is 7.77. The summed E-state index contributed by atoms with van der Waals surface area (Å²) in [5.74, 6) is 0. The van der Waals surface area contributed by atoms with Gasteiger partial charge < -0.3 is 5.11 Å². The van der Waals surface area contributed by atoms with Crippen molar-refractivity contribution in [1.82, 2.24) is 0 Å². The summed E-state index contributed by atoms with van der Waals surface area (Å²) in [6.45, 7) is -0.492. The fraction of sp³-hybridized carbons (Fsp3) is 1.00. The van der Waals surface area contributed by atoms with Crippen LogP contribution in [0.3, 0.4) is 0 Å². The molecule has 0 aliphatic heterocycles. The van der Waals surface area contributed by atoms with Crippen LogP contribution in [0.2, 0.25) is 0 Å². The lowest BCUT2D eigenvalue weighted by atomic mass is 11.5. The van der Waals surface area contributed by atoms with Crippen molar-refractivity contribution in [2.75, 3.05) is 13.9 Å². The van der Waals surface area contributed by atoms with E-state index in [1.54, 1.807) is 0 Å². The van der Waals surface area contributed by atoms with Gasteiger partial charge in [0.1, 0.15) is 0 Å². The van der Waals surface area contributed by atoms with Gasteiger partial charge in [0.15, 0.2) is 6.79 Å². The minimum Gasteiger partial charge on any atom is -0.368 e. The van der Waals surface area contributed by atoms with Gasteiger partial charge in [-0.25, -0.2) is 4.89 Å². The minimum absolute atomic E-state index is 0.492. The monoisotopic (exact) mass is 94.0 g/mol. The number of aliphatic hydroxyl groups is 1. The molecule has 4 nitrogen and oxygen atoms in total. The van der Waals surface area contributed by atoms with Gasteiger partial charge in [-0.15, -0.1) is 0 Å². The first-order valence-electron chi connectivity index (χ1n) is 1.35. The van der Waals surface area contributed by atoms with E-state index in [2.05, 4.69) is 14.8 Å². The number of aliphatic hydroxyl groups excluding tert-OH is 1. The van der Waals surface area contributed by atoms with Crippen molar-refractivity contribution < 1.29 is 19.9 Å². The third kappa shape index (κ3) is 3.84. The van der Waals surface area contributed by atoms with Crippen LogP contribution in [0, 0.1) is 0 Å². The number of rotatable bonds is 3. The summed E-state index contributed by atoms with van der Waals surface area (Å²) >= 11 is 0. The van der Waals surface area contributed by atoms with Crippen molar-refractivity contribution in [2.24, 2.45) is 0 Å². The second-order valence-electron chi connectivity index (χ2n) is 0.482. The Labute approximate surface area is 35.1 Å². The van der Waals surface area contributed by atoms with Gasteiger partial charge in [-0.1, -0.05) is 5.04 Å². The van der Waals surface area contributed by atoms with E-state index in [0.717, 1.165) is 0 Å². The molecule has 0 aromatic heterocycles. The topological polar surface area (TPSA) is 47.9 Å². The SMILES string of the molecule is COOOCO. The Kier molecular flexibility index (Phi) is 4.71. The van der Waals surface area contributed by atoms with E-state index in [1.807, 2.05) is 0 Å². The molecule has 0 unspecified atom stereocenters. The zero-order chi connectivity index (χ0) is 4.83. The van der Waals surface area contributed by atoms with Crippen molar-refractivity contribution in [2.45, 2.75) is 0 Å². The summed E-state index contributed by atoms with van der Waals surface area (Å²) < 4.78 is 0. The van der Waals surface area contributed by atoms with E-state index in [4.69, 9.17) is 5.11 Å². The van der Waals surface area contributed by atoms with Crippen molar-refractivity contribution in [3.8, 4) is 0 Å². The summed E-state index contributed by atoms with van der Waals surface area (Å²) in [5.41, 5.74) is 0. The average molecular weight is 94.1 g/mol. The molecule has 0 heterocycles. The zero-order valence-electron chi connectivity index (χ0n) is 3.38. The van der Waals surface area contributed by atoms with Gasteiger partial charge in [0.25, 0.3) is 0 Å². The van der Waals surface area contributed by atoms with E-state index in [-0.39, 0.29) is 0 Å². The molecule has 1 N–H and O–H groups in total. The van der Waals surface area contributed by atoms with E-state index in [0.29, 0.717) is 0 Å². The molecule has 38 valence electrons. The molecule has 0 amide bonds. The molecule has 0 saturated heterocycles. The van der Waals surface area contributed by atoms with Gasteiger partial charge in [-0.05, 0) is 0 Å². The van der Waals surface area contributed by atoms with Crippen LogP contribution in [0.4, 0.5) is 0 Å². The highest BCUT2D eigenvalue weighted by molar-refractivity contribution is 3.62. The second kappa shape index (κ2) is 4.84. The lowest BCUT2D eigenvalue weighted by Crippen LogP contribution is -1.92. The lowest BCUT2D eigenvalue weighted by molar-refractivity contribution is -0.516. The van der Waals surface area contributed by atoms with Gasteiger partial charge in [0.2, 0.25) is 0 Å². The smallest absolute Gasteiger partial charge is 0.181 e. The molecule has 0 fully saturated rings. The first kappa shape index (κ1) is 5.84. The van der Waals surface area contributed by atoms with Gasteiger partial charge in [-0.3, -0.25) is 0 Å². The molecule has 0 spiro atoms. The molecule has 0 aliphatic rings. The average Bonchev–Trinajstić information content (AvgIpc) is 1.61. The summed E-state index contributed by atoms with van der Waals surface area (Å²) in [6, 6.07) is 0. The first-order valence-corrected chi connectivity index (χ1v) is 1.35. The molecular formula is C2H6O4. The predicted molar refractivity (Wildman–Crippen MR) is 16.3 cm³/mol. The highest BCUT2D eigenvalue weighted by Gasteiger charge is 1.73. The van der Waals surface area contributed by atoms with Crippen LogP contribution < -0.4 is 0 Å². The normalized spacial score (nSPS) is 9.00. The van der Waals surface area contributed by atoms with Crippen molar-refractivity contribution >= 4 is 0 Å². The molecule has 0 saturated carbocycles. The van der Waals surface area contributed by atoms with Crippen LogP contribution in [0.5, 0.6) is 0 Å². The molecule has 0 aromatic rings. The second-order valence-corrected chi connectivity index (χ2v) is 0.482. The summed E-state index contributed by atoms with van der Waals surface area (Å²) in [6.07, 6.45) is 0. The van der Waals surface area contributed by atoms with Gasteiger partial charge >= 0.3 is 0 Å². The molecular weight excluding hydrogens is 88.0 g/mol. The van der Waals surface area contributed by atoms with Gasteiger partial charge in [0, 0.05) is 0 Å². The highest BCUT2D eigenvalue weighted by atomic mass is 17.5. The largest absolute Gasteiger partial charge is 0.368 e. The summed E-state index contributed by atoms with van der Waals surface area (Å²) in [4.78, 5) is 7.72. The Morgan fingerprint density at radius 1 is 1.67 bits per heavy atom. The molecule has 0 bridgehead atoms. The maximum Gasteiger partial charge on any atom is 0.181 e. The first-order chi connectivity index (χ1) is 2.91. The van der Waals surface area contributed by atoms with E-state index >= 15 is 0 Å². The standard InChI is InChI=1S/C2H6O4/c1-4-6-5-2-3/h3H,2H2,1H3. The number of hydrogen-bond donors (Lipinski definition) is 1. The Morgan fingerprint density at radius 3 is 2.50 bits per heavy atom. The Bertz CT molecular complexity index is 17.5. The highest BCUT2D eigenvalue weighted by Crippen LogP contribution is 1.70. The Balaban J connectivity index is 2.34. The van der Waals surface area contributed by atoms with Crippen molar-refractivity contribution in [3.63, 3.8) is 0 Å². The van der Waals surface area contributed by atoms with Gasteiger partial charge in [0.05, 0.1) is 7.11 Å². The third-order valence-electron chi connectivity index (χ3n) is 0.169. The molecule has 0 atom stereocenters. The van der Waals surface area contributed by atoms with Crippen LogP contribution in [0.1, 0.15) is 0 Å². The maximum atomic E-state index is 7.77. The minimum atomic E-state index is -0.492. The van der Waals surface area contributed by atoms with Crippen molar-refractivity contribution in [3.05, 3.63) is 0 Å². The van der Waals surface area contributed by atoms with Crippen molar-refractivity contribution in [1.29, 1.82) is 0 Å². The van der Waals surface area contributed by atoms with Crippen LogP contribution in [-0.4, -0.2) is 19.0 Å². The molecule has 0 aromatic carbocycles. The van der Waals surface area contributed by atoms with Crippen LogP contribution in [0.25, 0.3) is 0 Å². The Hall–Kier alpha value is -0.160. The molecule has 6 heavy (non-hydrogen) atoms. The summed E-state index contributed by atoms with van der Waals surface area (Å²) in [5, 5.41) is 11.5. The van der Waals surface area contributed by atoms with E-state index in [9.17, 15) is 0 Å². The van der Waals surface area contributed by atoms with E-state index in [1.165, 1.54) is 7.11 Å². The fourth-order valence-electron chi connectivity index (χ4n) is 0.0696. The zero-order valence-corrected chi connectivity index (χ0v) is 3.38. The fourth-order valence-corrected chi connectivity index (χ4v) is 0.0696. The third-order valence-corrected chi connectivity index (χ3v) is 0.169. The lowest BCUT2D eigenvalue weighted by Gasteiger charge is -1.90.